The van der Waals surface area contributed by atoms with Crippen molar-refractivity contribution in [2.45, 2.75) is 19.4 Å². The van der Waals surface area contributed by atoms with Crippen LogP contribution in [-0.2, 0) is 10.3 Å². The second kappa shape index (κ2) is 5.09. The number of nitrogens with one attached hydrogen (secondary N) is 1. The van der Waals surface area contributed by atoms with E-state index >= 15 is 0 Å². The van der Waals surface area contributed by atoms with Gasteiger partial charge in [-0.05, 0) is 19.4 Å². The van der Waals surface area contributed by atoms with Gasteiger partial charge in [0, 0.05) is 6.54 Å². The van der Waals surface area contributed by atoms with Crippen LogP contribution in [0.4, 0.5) is 0 Å². The lowest BCUT2D eigenvalue weighted by atomic mass is 9.91. The molecule has 0 saturated carbocycles. The number of hydrogen-bond acceptors (Lipinski definition) is 3. The first-order valence-corrected chi connectivity index (χ1v) is 5.17. The number of aliphatic hydroxyl groups is 1. The highest BCUT2D eigenvalue weighted by molar-refractivity contribution is 5.80. The minimum absolute atomic E-state index is 0.0886. The number of carbonyl (C=O) groups is 1. The Bertz CT molecular complexity index is 361. The molecule has 1 aromatic carbocycles. The second-order valence-corrected chi connectivity index (χ2v) is 3.95. The molecule has 3 N–H and O–H groups in total. The molecule has 16 heavy (non-hydrogen) atoms. The first-order chi connectivity index (χ1) is 7.50. The minimum Gasteiger partial charge on any atom is -0.480 e. The van der Waals surface area contributed by atoms with Crippen LogP contribution >= 0.6 is 0 Å². The molecular formula is C12H17NO3. The van der Waals surface area contributed by atoms with Crippen molar-refractivity contribution in [2.75, 3.05) is 13.2 Å². The predicted molar refractivity (Wildman–Crippen MR) is 61.3 cm³/mol. The van der Waals surface area contributed by atoms with E-state index in [0.717, 1.165) is 5.56 Å². The number of rotatable bonds is 5. The van der Waals surface area contributed by atoms with Crippen LogP contribution in [0.3, 0.4) is 0 Å². The molecule has 0 fully saturated rings. The van der Waals surface area contributed by atoms with Crippen molar-refractivity contribution < 1.29 is 15.0 Å². The molecule has 0 spiro atoms. The highest BCUT2D eigenvalue weighted by Crippen LogP contribution is 2.21. The number of aliphatic carboxylic acids is 1. The summed E-state index contributed by atoms with van der Waals surface area (Å²) in [6.45, 7) is 3.70. The lowest BCUT2D eigenvalue weighted by Gasteiger charge is -2.26. The Morgan fingerprint density at radius 3 is 2.38 bits per heavy atom. The van der Waals surface area contributed by atoms with Crippen LogP contribution in [0.1, 0.15) is 18.1 Å². The summed E-state index contributed by atoms with van der Waals surface area (Å²) in [6.07, 6.45) is 0. The Labute approximate surface area is 94.9 Å². The molecular weight excluding hydrogens is 206 g/mol. The van der Waals surface area contributed by atoms with Gasteiger partial charge in [-0.1, -0.05) is 29.8 Å². The van der Waals surface area contributed by atoms with Crippen LogP contribution in [0.5, 0.6) is 0 Å². The van der Waals surface area contributed by atoms with Crippen LogP contribution in [-0.4, -0.2) is 29.3 Å². The van der Waals surface area contributed by atoms with Gasteiger partial charge in [0.2, 0.25) is 0 Å². The molecule has 0 bridgehead atoms. The monoisotopic (exact) mass is 223 g/mol. The standard InChI is InChI=1S/C12H17NO3/c1-9-3-5-10(6-4-9)12(2,11(15)16)13-7-8-14/h3-6,13-14H,7-8H2,1-2H3,(H,15,16). The van der Waals surface area contributed by atoms with Gasteiger partial charge in [-0.15, -0.1) is 0 Å². The number of aliphatic hydroxyl groups excluding tert-OH is 1. The zero-order chi connectivity index (χ0) is 12.2. The largest absolute Gasteiger partial charge is 0.480 e. The maximum absolute atomic E-state index is 11.3. The number of carboxylic acids is 1. The van der Waals surface area contributed by atoms with E-state index in [0.29, 0.717) is 5.56 Å². The van der Waals surface area contributed by atoms with Crippen LogP contribution in [0.15, 0.2) is 24.3 Å². The summed E-state index contributed by atoms with van der Waals surface area (Å²) in [6, 6.07) is 7.32. The van der Waals surface area contributed by atoms with E-state index in [1.807, 2.05) is 19.1 Å². The van der Waals surface area contributed by atoms with Gasteiger partial charge in [-0.25, -0.2) is 4.79 Å². The molecule has 0 aliphatic carbocycles. The van der Waals surface area contributed by atoms with Crippen molar-refractivity contribution in [2.24, 2.45) is 0 Å². The van der Waals surface area contributed by atoms with Gasteiger partial charge >= 0.3 is 5.97 Å². The Hall–Kier alpha value is -1.39. The molecule has 4 nitrogen and oxygen atoms in total. The summed E-state index contributed by atoms with van der Waals surface area (Å²) in [7, 11) is 0. The Kier molecular flexibility index (Phi) is 4.04. The summed E-state index contributed by atoms with van der Waals surface area (Å²) in [4.78, 5) is 11.3. The van der Waals surface area contributed by atoms with E-state index in [2.05, 4.69) is 5.32 Å². The zero-order valence-electron chi connectivity index (χ0n) is 9.53. The first-order valence-electron chi connectivity index (χ1n) is 5.17. The Balaban J connectivity index is 3.01. The number of carboxylic acid groups (broad SMARTS) is 1. The molecule has 0 aliphatic heterocycles. The molecule has 0 heterocycles. The fourth-order valence-electron chi connectivity index (χ4n) is 1.49. The van der Waals surface area contributed by atoms with Crippen molar-refractivity contribution in [3.8, 4) is 0 Å². The third-order valence-electron chi connectivity index (χ3n) is 2.65. The van der Waals surface area contributed by atoms with E-state index in [4.69, 9.17) is 5.11 Å². The Morgan fingerprint density at radius 1 is 1.38 bits per heavy atom. The number of benzene rings is 1. The lowest BCUT2D eigenvalue weighted by molar-refractivity contribution is -0.144. The average molecular weight is 223 g/mol. The maximum Gasteiger partial charge on any atom is 0.328 e. The van der Waals surface area contributed by atoms with Crippen molar-refractivity contribution >= 4 is 5.97 Å². The fourth-order valence-corrected chi connectivity index (χ4v) is 1.49. The van der Waals surface area contributed by atoms with Gasteiger partial charge in [0.1, 0.15) is 5.54 Å². The summed E-state index contributed by atoms with van der Waals surface area (Å²) in [5.41, 5.74) is 0.605. The van der Waals surface area contributed by atoms with Crippen molar-refractivity contribution in [3.05, 3.63) is 35.4 Å². The lowest BCUT2D eigenvalue weighted by Crippen LogP contribution is -2.47. The van der Waals surface area contributed by atoms with Gasteiger partial charge in [-0.3, -0.25) is 5.32 Å². The zero-order valence-corrected chi connectivity index (χ0v) is 9.53. The summed E-state index contributed by atoms with van der Waals surface area (Å²) in [5, 5.41) is 20.8. The molecule has 1 atom stereocenters. The SMILES string of the molecule is Cc1ccc(C(C)(NCCO)C(=O)O)cc1. The maximum atomic E-state index is 11.3. The second-order valence-electron chi connectivity index (χ2n) is 3.95. The molecule has 1 rings (SSSR count). The van der Waals surface area contributed by atoms with Crippen molar-refractivity contribution in [1.82, 2.24) is 5.32 Å². The summed E-state index contributed by atoms with van der Waals surface area (Å²) < 4.78 is 0. The van der Waals surface area contributed by atoms with Crippen LogP contribution in [0.25, 0.3) is 0 Å². The smallest absolute Gasteiger partial charge is 0.328 e. The third kappa shape index (κ3) is 2.59. The quantitative estimate of drug-likeness (QED) is 0.693. The Morgan fingerprint density at radius 2 is 1.94 bits per heavy atom. The van der Waals surface area contributed by atoms with E-state index < -0.39 is 11.5 Å². The van der Waals surface area contributed by atoms with E-state index in [9.17, 15) is 9.90 Å². The first kappa shape index (κ1) is 12.7. The third-order valence-corrected chi connectivity index (χ3v) is 2.65. The normalized spacial score (nSPS) is 14.4. The number of hydrogen-bond donors (Lipinski definition) is 3. The van der Waals surface area contributed by atoms with Gasteiger partial charge < -0.3 is 10.2 Å². The van der Waals surface area contributed by atoms with Crippen LogP contribution in [0, 0.1) is 6.92 Å². The van der Waals surface area contributed by atoms with E-state index in [-0.39, 0.29) is 13.2 Å². The topological polar surface area (TPSA) is 69.6 Å². The van der Waals surface area contributed by atoms with Gasteiger partial charge in [0.25, 0.3) is 0 Å². The van der Waals surface area contributed by atoms with Crippen LogP contribution in [0.2, 0.25) is 0 Å². The van der Waals surface area contributed by atoms with E-state index in [1.165, 1.54) is 0 Å². The highest BCUT2D eigenvalue weighted by Gasteiger charge is 2.34. The average Bonchev–Trinajstić information content (AvgIpc) is 2.26. The van der Waals surface area contributed by atoms with Crippen molar-refractivity contribution in [1.29, 1.82) is 0 Å². The van der Waals surface area contributed by atoms with Gasteiger partial charge in [-0.2, -0.15) is 0 Å². The molecule has 1 aromatic rings. The molecule has 1 unspecified atom stereocenters. The minimum atomic E-state index is -1.16. The molecule has 0 aromatic heterocycles. The fraction of sp³-hybridized carbons (Fsp3) is 0.417. The summed E-state index contributed by atoms with van der Waals surface area (Å²) in [5.74, 6) is -0.954. The molecule has 0 radical (unpaired) electrons. The van der Waals surface area contributed by atoms with Gasteiger partial charge in [0.15, 0.2) is 0 Å². The van der Waals surface area contributed by atoms with Crippen LogP contribution < -0.4 is 5.32 Å². The van der Waals surface area contributed by atoms with E-state index in [1.54, 1.807) is 19.1 Å². The molecule has 0 amide bonds. The highest BCUT2D eigenvalue weighted by atomic mass is 16.4. The predicted octanol–water partition coefficient (Wildman–Crippen LogP) is 0.877. The number of aryl methyl sites for hydroxylation is 1. The summed E-state index contributed by atoms with van der Waals surface area (Å²) >= 11 is 0. The molecule has 4 heteroatoms. The van der Waals surface area contributed by atoms with Crippen molar-refractivity contribution in [3.63, 3.8) is 0 Å². The molecule has 88 valence electrons. The molecule has 0 saturated heterocycles. The molecule has 0 aliphatic rings. The van der Waals surface area contributed by atoms with Gasteiger partial charge in [0.05, 0.1) is 6.61 Å².